The van der Waals surface area contributed by atoms with E-state index in [0.29, 0.717) is 12.0 Å². The second kappa shape index (κ2) is 5.27. The monoisotopic (exact) mass is 332 g/mol. The van der Waals surface area contributed by atoms with Gasteiger partial charge in [-0.25, -0.2) is 9.97 Å². The van der Waals surface area contributed by atoms with Crippen LogP contribution in [0.25, 0.3) is 0 Å². The van der Waals surface area contributed by atoms with Crippen molar-refractivity contribution in [2.75, 3.05) is 18.5 Å². The van der Waals surface area contributed by atoms with Gasteiger partial charge >= 0.3 is 0 Å². The predicted octanol–water partition coefficient (Wildman–Crippen LogP) is 1.64. The topological polar surface area (TPSA) is 55.0 Å². The van der Waals surface area contributed by atoms with Gasteiger partial charge in [0.1, 0.15) is 0 Å². The lowest BCUT2D eigenvalue weighted by Crippen LogP contribution is -2.38. The molecule has 1 saturated carbocycles. The first-order valence-corrected chi connectivity index (χ1v) is 6.70. The van der Waals surface area contributed by atoms with Crippen molar-refractivity contribution in [1.82, 2.24) is 9.97 Å². The highest BCUT2D eigenvalue weighted by atomic mass is 127. The normalized spacial score (nSPS) is 24.7. The summed E-state index contributed by atoms with van der Waals surface area (Å²) < 4.78 is 1.07. The summed E-state index contributed by atoms with van der Waals surface area (Å²) in [5.41, 5.74) is 5.80. The zero-order valence-corrected chi connectivity index (χ0v) is 11.6. The second-order valence-corrected chi connectivity index (χ2v) is 5.55. The smallest absolute Gasteiger partial charge is 0.225 e. The van der Waals surface area contributed by atoms with Gasteiger partial charge in [-0.1, -0.05) is 6.42 Å². The van der Waals surface area contributed by atoms with Gasteiger partial charge in [0.2, 0.25) is 5.95 Å². The third-order valence-electron chi connectivity index (χ3n) is 3.34. The molecular formula is C11H17IN4. The summed E-state index contributed by atoms with van der Waals surface area (Å²) in [6, 6.07) is 0.505. The number of halogens is 1. The molecule has 2 unspecified atom stereocenters. The molecule has 1 aromatic rings. The molecule has 1 aliphatic carbocycles. The van der Waals surface area contributed by atoms with Crippen LogP contribution in [0.1, 0.15) is 19.3 Å². The molecule has 0 aromatic carbocycles. The molecule has 2 N–H and O–H groups in total. The van der Waals surface area contributed by atoms with E-state index in [1.54, 1.807) is 0 Å². The lowest BCUT2D eigenvalue weighted by Gasteiger charge is -2.29. The van der Waals surface area contributed by atoms with Crippen molar-refractivity contribution in [3.05, 3.63) is 16.0 Å². The largest absolute Gasteiger partial charge is 0.341 e. The minimum absolute atomic E-state index is 0.505. The summed E-state index contributed by atoms with van der Waals surface area (Å²) >= 11 is 2.22. The van der Waals surface area contributed by atoms with Crippen molar-refractivity contribution in [3.8, 4) is 0 Å². The number of anilines is 1. The van der Waals surface area contributed by atoms with Gasteiger partial charge in [0.25, 0.3) is 0 Å². The fourth-order valence-corrected chi connectivity index (χ4v) is 2.72. The number of nitrogens with two attached hydrogens (primary N) is 1. The quantitative estimate of drug-likeness (QED) is 0.855. The van der Waals surface area contributed by atoms with Crippen LogP contribution in [0.5, 0.6) is 0 Å². The first kappa shape index (κ1) is 12.0. The van der Waals surface area contributed by atoms with Crippen LogP contribution in [0, 0.1) is 9.49 Å². The van der Waals surface area contributed by atoms with Crippen molar-refractivity contribution >= 4 is 28.5 Å². The van der Waals surface area contributed by atoms with Crippen molar-refractivity contribution in [2.24, 2.45) is 11.7 Å². The molecule has 0 saturated heterocycles. The Morgan fingerprint density at radius 2 is 2.12 bits per heavy atom. The van der Waals surface area contributed by atoms with Crippen LogP contribution in [0.2, 0.25) is 0 Å². The molecule has 5 heteroatoms. The van der Waals surface area contributed by atoms with E-state index in [1.807, 2.05) is 12.4 Å². The number of aromatic nitrogens is 2. The van der Waals surface area contributed by atoms with E-state index < -0.39 is 0 Å². The van der Waals surface area contributed by atoms with Gasteiger partial charge in [0, 0.05) is 29.1 Å². The minimum Gasteiger partial charge on any atom is -0.341 e. The van der Waals surface area contributed by atoms with Crippen LogP contribution in [-0.2, 0) is 0 Å². The minimum atomic E-state index is 0.505. The van der Waals surface area contributed by atoms with Gasteiger partial charge in [-0.05, 0) is 47.9 Å². The van der Waals surface area contributed by atoms with Crippen LogP contribution in [0.3, 0.4) is 0 Å². The van der Waals surface area contributed by atoms with Crippen molar-refractivity contribution in [2.45, 2.75) is 25.3 Å². The highest BCUT2D eigenvalue weighted by Gasteiger charge is 2.30. The molecule has 0 bridgehead atoms. The molecule has 16 heavy (non-hydrogen) atoms. The molecule has 88 valence electrons. The molecule has 4 nitrogen and oxygen atoms in total. The Morgan fingerprint density at radius 1 is 1.44 bits per heavy atom. The average Bonchev–Trinajstić information content (AvgIpc) is 2.77. The Balaban J connectivity index is 2.12. The lowest BCUT2D eigenvalue weighted by atomic mass is 10.0. The van der Waals surface area contributed by atoms with Gasteiger partial charge in [-0.2, -0.15) is 0 Å². The average molecular weight is 332 g/mol. The van der Waals surface area contributed by atoms with Gasteiger partial charge in [-0.15, -0.1) is 0 Å². The van der Waals surface area contributed by atoms with Crippen LogP contribution in [0.4, 0.5) is 5.95 Å². The Morgan fingerprint density at radius 3 is 2.75 bits per heavy atom. The van der Waals surface area contributed by atoms with Crippen LogP contribution in [-0.4, -0.2) is 29.6 Å². The lowest BCUT2D eigenvalue weighted by molar-refractivity contribution is 0.469. The molecule has 2 rings (SSSR count). The Labute approximate surface area is 110 Å². The first-order chi connectivity index (χ1) is 7.72. The second-order valence-electron chi connectivity index (χ2n) is 4.31. The highest BCUT2D eigenvalue weighted by Crippen LogP contribution is 2.30. The van der Waals surface area contributed by atoms with E-state index in [1.165, 1.54) is 19.3 Å². The summed E-state index contributed by atoms with van der Waals surface area (Å²) in [5, 5.41) is 0. The fourth-order valence-electron chi connectivity index (χ4n) is 2.44. The van der Waals surface area contributed by atoms with E-state index in [4.69, 9.17) is 5.73 Å². The van der Waals surface area contributed by atoms with E-state index in [9.17, 15) is 0 Å². The van der Waals surface area contributed by atoms with Crippen molar-refractivity contribution < 1.29 is 0 Å². The molecule has 1 fully saturated rings. The van der Waals surface area contributed by atoms with Crippen LogP contribution < -0.4 is 10.6 Å². The third-order valence-corrected chi connectivity index (χ3v) is 3.90. The van der Waals surface area contributed by atoms with E-state index in [-0.39, 0.29) is 0 Å². The van der Waals surface area contributed by atoms with Gasteiger partial charge < -0.3 is 10.6 Å². The van der Waals surface area contributed by atoms with Crippen molar-refractivity contribution in [1.29, 1.82) is 0 Å². The molecule has 0 spiro atoms. The zero-order chi connectivity index (χ0) is 11.5. The molecule has 1 heterocycles. The maximum atomic E-state index is 5.80. The summed E-state index contributed by atoms with van der Waals surface area (Å²) in [6.07, 6.45) is 7.41. The fraction of sp³-hybridized carbons (Fsp3) is 0.636. The van der Waals surface area contributed by atoms with Gasteiger partial charge in [0.15, 0.2) is 0 Å². The molecule has 0 radical (unpaired) electrons. The number of rotatable bonds is 3. The Kier molecular flexibility index (Phi) is 3.96. The Bertz CT molecular complexity index is 340. The SMILES string of the molecule is CN(c1ncc(I)cn1)C1CCCC1CN. The summed E-state index contributed by atoms with van der Waals surface area (Å²) in [6.45, 7) is 0.763. The van der Waals surface area contributed by atoms with Crippen molar-refractivity contribution in [3.63, 3.8) is 0 Å². The number of hydrogen-bond acceptors (Lipinski definition) is 4. The maximum absolute atomic E-state index is 5.80. The van der Waals surface area contributed by atoms with Gasteiger partial charge in [0.05, 0.1) is 0 Å². The third kappa shape index (κ3) is 2.45. The summed E-state index contributed by atoms with van der Waals surface area (Å²) in [4.78, 5) is 10.9. The Hall–Kier alpha value is -0.430. The summed E-state index contributed by atoms with van der Waals surface area (Å²) in [7, 11) is 2.07. The molecule has 2 atom stereocenters. The zero-order valence-electron chi connectivity index (χ0n) is 9.43. The number of hydrogen-bond donors (Lipinski definition) is 1. The predicted molar refractivity (Wildman–Crippen MR) is 73.3 cm³/mol. The van der Waals surface area contributed by atoms with Gasteiger partial charge in [-0.3, -0.25) is 0 Å². The maximum Gasteiger partial charge on any atom is 0.225 e. The molecular weight excluding hydrogens is 315 g/mol. The van der Waals surface area contributed by atoms with Crippen LogP contribution >= 0.6 is 22.6 Å². The first-order valence-electron chi connectivity index (χ1n) is 5.63. The highest BCUT2D eigenvalue weighted by molar-refractivity contribution is 14.1. The number of nitrogens with zero attached hydrogens (tertiary/aromatic N) is 3. The van der Waals surface area contributed by atoms with E-state index in [2.05, 4.69) is 44.5 Å². The molecule has 1 aromatic heterocycles. The standard InChI is InChI=1S/C11H17IN4/c1-16(10-4-2-3-8(10)5-13)11-14-6-9(12)7-15-11/h6-8,10H,2-5,13H2,1H3. The summed E-state index contributed by atoms with van der Waals surface area (Å²) in [5.74, 6) is 1.40. The molecule has 0 aliphatic heterocycles. The van der Waals surface area contributed by atoms with E-state index >= 15 is 0 Å². The van der Waals surface area contributed by atoms with Crippen LogP contribution in [0.15, 0.2) is 12.4 Å². The molecule has 0 amide bonds. The van der Waals surface area contributed by atoms with E-state index in [0.717, 1.165) is 16.1 Å². The molecule has 1 aliphatic rings.